The number of rotatable bonds is 1. The van der Waals surface area contributed by atoms with E-state index in [-0.39, 0.29) is 0 Å². The van der Waals surface area contributed by atoms with Crippen molar-refractivity contribution < 1.29 is 4.79 Å². The fourth-order valence-electron chi connectivity index (χ4n) is 1.24. The molecule has 0 unspecified atom stereocenters. The fourth-order valence-corrected chi connectivity index (χ4v) is 1.81. The van der Waals surface area contributed by atoms with E-state index in [9.17, 15) is 4.79 Å². The number of halogens is 2. The summed E-state index contributed by atoms with van der Waals surface area (Å²) in [6, 6.07) is 3.31. The van der Waals surface area contributed by atoms with Gasteiger partial charge in [-0.2, -0.15) is 0 Å². The summed E-state index contributed by atoms with van der Waals surface area (Å²) in [5, 5.41) is 3.26. The van der Waals surface area contributed by atoms with Gasteiger partial charge >= 0.3 is 0 Å². The van der Waals surface area contributed by atoms with Crippen molar-refractivity contribution >= 4 is 41.0 Å². The van der Waals surface area contributed by atoms with Crippen LogP contribution in [0.15, 0.2) is 24.5 Å². The lowest BCUT2D eigenvalue weighted by atomic mass is 10.1. The second kappa shape index (κ2) is 3.52. The summed E-state index contributed by atoms with van der Waals surface area (Å²) >= 11 is 11.8. The van der Waals surface area contributed by atoms with Crippen molar-refractivity contribution in [2.45, 2.75) is 0 Å². The van der Waals surface area contributed by atoms with Crippen LogP contribution in [0.1, 0.15) is 5.56 Å². The molecule has 0 aliphatic carbocycles. The van der Waals surface area contributed by atoms with E-state index in [0.29, 0.717) is 16.3 Å². The Morgan fingerprint density at radius 2 is 2.21 bits per heavy atom. The first-order valence-corrected chi connectivity index (χ1v) is 4.54. The predicted octanol–water partition coefficient (Wildman–Crippen LogP) is 2.65. The Balaban J connectivity index is 2.63. The lowest BCUT2D eigenvalue weighted by Gasteiger charge is -2.21. The molecule has 0 fully saturated rings. The van der Waals surface area contributed by atoms with Crippen LogP contribution in [0.4, 0.5) is 11.4 Å². The van der Waals surface area contributed by atoms with Gasteiger partial charge in [-0.05, 0) is 12.1 Å². The van der Waals surface area contributed by atoms with Gasteiger partial charge in [0.15, 0.2) is 0 Å². The van der Waals surface area contributed by atoms with E-state index in [4.69, 9.17) is 23.4 Å². The average molecular weight is 228 g/mol. The van der Waals surface area contributed by atoms with E-state index in [1.54, 1.807) is 30.8 Å². The van der Waals surface area contributed by atoms with Crippen molar-refractivity contribution in [1.29, 1.82) is 0 Å². The van der Waals surface area contributed by atoms with Crippen LogP contribution in [-0.4, -0.2) is 6.29 Å². The Bertz CT molecular complexity index is 418. The van der Waals surface area contributed by atoms with E-state index in [2.05, 4.69) is 5.32 Å². The summed E-state index contributed by atoms with van der Waals surface area (Å²) in [7, 11) is 0. The van der Waals surface area contributed by atoms with Gasteiger partial charge in [-0.15, -0.1) is 0 Å². The maximum absolute atomic E-state index is 10.5. The molecular weight excluding hydrogens is 223 g/mol. The quantitative estimate of drug-likeness (QED) is 0.750. The van der Waals surface area contributed by atoms with Crippen LogP contribution < -0.4 is 9.74 Å². The van der Waals surface area contributed by atoms with Crippen molar-refractivity contribution in [2.24, 2.45) is 0 Å². The van der Waals surface area contributed by atoms with Crippen LogP contribution in [0, 0.1) is 0 Å². The molecule has 0 amide bonds. The van der Waals surface area contributed by atoms with Crippen LogP contribution in [0.25, 0.3) is 0 Å². The lowest BCUT2D eigenvalue weighted by Crippen LogP contribution is -2.10. The molecule has 0 bridgehead atoms. The highest BCUT2D eigenvalue weighted by molar-refractivity contribution is 6.39. The summed E-state index contributed by atoms with van der Waals surface area (Å²) in [5.74, 6) is 0. The van der Waals surface area contributed by atoms with Crippen molar-refractivity contribution in [3.8, 4) is 0 Å². The zero-order valence-electron chi connectivity index (χ0n) is 6.92. The minimum atomic E-state index is 0.296. The molecule has 2 rings (SSSR count). The molecule has 1 aromatic carbocycles. The number of carbonyl (C=O) groups excluding carboxylic acids is 1. The highest BCUT2D eigenvalue weighted by atomic mass is 35.5. The predicted molar refractivity (Wildman–Crippen MR) is 57.3 cm³/mol. The second-order valence-electron chi connectivity index (χ2n) is 2.70. The van der Waals surface area contributed by atoms with E-state index in [0.717, 1.165) is 5.69 Å². The highest BCUT2D eigenvalue weighted by Gasteiger charge is 2.17. The first kappa shape index (κ1) is 9.37. The Hall–Kier alpha value is -1.19. The number of nitrogens with one attached hydrogen (secondary N) is 1. The van der Waals surface area contributed by atoms with Gasteiger partial charge in [-0.25, -0.2) is 0 Å². The topological polar surface area (TPSA) is 32.3 Å². The second-order valence-corrected chi connectivity index (χ2v) is 3.44. The summed E-state index contributed by atoms with van der Waals surface area (Å²) < 4.78 is 1.33. The standard InChI is InChI=1S/C9H5Cl2N2O/c10-8-6(5-14)1-2-7-9(8)13(11)4-3-12-7/h1-4,12H. The van der Waals surface area contributed by atoms with Crippen LogP contribution in [0.5, 0.6) is 0 Å². The summed E-state index contributed by atoms with van der Waals surface area (Å²) in [6.45, 7) is 0. The fraction of sp³-hybridized carbons (Fsp3) is 0. The van der Waals surface area contributed by atoms with Crippen LogP contribution >= 0.6 is 23.4 Å². The number of fused-ring (bicyclic) bond motifs is 1. The Morgan fingerprint density at radius 1 is 1.43 bits per heavy atom. The molecule has 14 heavy (non-hydrogen) atoms. The molecule has 0 saturated heterocycles. The Kier molecular flexibility index (Phi) is 2.35. The maximum atomic E-state index is 10.5. The van der Waals surface area contributed by atoms with Gasteiger partial charge in [-0.1, -0.05) is 11.6 Å². The largest absolute Gasteiger partial charge is 0.358 e. The van der Waals surface area contributed by atoms with Crippen molar-refractivity contribution in [2.75, 3.05) is 9.74 Å². The van der Waals surface area contributed by atoms with Gasteiger partial charge in [0, 0.05) is 29.7 Å². The van der Waals surface area contributed by atoms with Gasteiger partial charge < -0.3 is 5.32 Å². The van der Waals surface area contributed by atoms with Crippen LogP contribution in [0.2, 0.25) is 5.02 Å². The van der Waals surface area contributed by atoms with Gasteiger partial charge in [0.25, 0.3) is 0 Å². The van der Waals surface area contributed by atoms with E-state index >= 15 is 0 Å². The molecule has 1 aliphatic heterocycles. The Labute approximate surface area is 91.0 Å². The third-order valence-electron chi connectivity index (χ3n) is 1.88. The summed E-state index contributed by atoms with van der Waals surface area (Å²) in [4.78, 5) is 10.5. The van der Waals surface area contributed by atoms with Crippen LogP contribution in [-0.2, 0) is 4.79 Å². The number of hydrogen-bond donors (Lipinski definition) is 1. The van der Waals surface area contributed by atoms with Gasteiger partial charge in [-0.3, -0.25) is 9.21 Å². The molecule has 3 nitrogen and oxygen atoms in total. The molecule has 1 radical (unpaired) electrons. The summed E-state index contributed by atoms with van der Waals surface area (Å²) in [5.41, 5.74) is 1.62. The molecule has 1 aromatic rings. The SMILES string of the molecule is O=[C]c1ccc2c(c1Cl)N(Cl)C=CN2. The van der Waals surface area contributed by atoms with Crippen molar-refractivity contribution in [1.82, 2.24) is 0 Å². The normalized spacial score (nSPS) is 13.4. The number of anilines is 2. The number of nitrogens with zero attached hydrogens (tertiary/aromatic N) is 1. The third kappa shape index (κ3) is 1.35. The first-order valence-electron chi connectivity index (χ1n) is 3.83. The number of benzene rings is 1. The number of hydrogen-bond acceptors (Lipinski definition) is 3. The summed E-state index contributed by atoms with van der Waals surface area (Å²) in [6.07, 6.45) is 5.02. The highest BCUT2D eigenvalue weighted by Crippen LogP contribution is 2.39. The minimum absolute atomic E-state index is 0.296. The maximum Gasteiger partial charge on any atom is 0.235 e. The van der Waals surface area contributed by atoms with E-state index in [1.807, 2.05) is 0 Å². The monoisotopic (exact) mass is 227 g/mol. The molecule has 0 spiro atoms. The third-order valence-corrected chi connectivity index (χ3v) is 2.55. The first-order chi connectivity index (χ1) is 6.74. The van der Waals surface area contributed by atoms with Crippen molar-refractivity contribution in [3.63, 3.8) is 0 Å². The molecule has 5 heteroatoms. The minimum Gasteiger partial charge on any atom is -0.358 e. The van der Waals surface area contributed by atoms with E-state index in [1.165, 1.54) is 4.42 Å². The van der Waals surface area contributed by atoms with E-state index < -0.39 is 0 Å². The van der Waals surface area contributed by atoms with Gasteiger partial charge in [0.2, 0.25) is 6.29 Å². The van der Waals surface area contributed by atoms with Gasteiger partial charge in [0.05, 0.1) is 10.7 Å². The lowest BCUT2D eigenvalue weighted by molar-refractivity contribution is 0.563. The average Bonchev–Trinajstić information content (AvgIpc) is 2.18. The molecule has 1 N–H and O–H groups in total. The zero-order chi connectivity index (χ0) is 10.1. The molecule has 1 heterocycles. The zero-order valence-corrected chi connectivity index (χ0v) is 8.43. The molecule has 0 atom stereocenters. The molecule has 1 aliphatic rings. The van der Waals surface area contributed by atoms with Crippen LogP contribution in [0.3, 0.4) is 0 Å². The molecule has 0 saturated carbocycles. The smallest absolute Gasteiger partial charge is 0.235 e. The molecular formula is C9H5Cl2N2O. The van der Waals surface area contributed by atoms with Crippen molar-refractivity contribution in [3.05, 3.63) is 35.1 Å². The molecule has 0 aromatic heterocycles. The Morgan fingerprint density at radius 3 is 2.93 bits per heavy atom. The molecule has 71 valence electrons. The van der Waals surface area contributed by atoms with Gasteiger partial charge in [0.1, 0.15) is 5.69 Å².